The second-order valence-corrected chi connectivity index (χ2v) is 5.05. The van der Waals surface area contributed by atoms with Crippen LogP contribution in [0.1, 0.15) is 12.0 Å². The highest BCUT2D eigenvalue weighted by Gasteiger charge is 2.34. The van der Waals surface area contributed by atoms with Crippen LogP contribution in [0, 0.1) is 0 Å². The molecule has 1 heterocycles. The summed E-state index contributed by atoms with van der Waals surface area (Å²) in [5.41, 5.74) is -0.0516. The summed E-state index contributed by atoms with van der Waals surface area (Å²) in [6, 6.07) is 7.68. The van der Waals surface area contributed by atoms with Gasteiger partial charge in [-0.05, 0) is 23.8 Å². The van der Waals surface area contributed by atoms with Gasteiger partial charge >= 0.3 is 0 Å². The Kier molecular flexibility index (Phi) is 3.19. The molecule has 1 aromatic rings. The molecule has 0 radical (unpaired) electrons. The number of methoxy groups -OCH3 is 1. The molecule has 0 bridgehead atoms. The molecule has 2 rings (SSSR count). The Bertz CT molecular complexity index is 334. The minimum atomic E-state index is -1.03. The maximum absolute atomic E-state index is 14.2. The fraction of sp³-hybridized carbons (Fsp3) is 0.500. The van der Waals surface area contributed by atoms with Crippen molar-refractivity contribution in [2.24, 2.45) is 0 Å². The molecule has 82 valence electrons. The molecule has 1 atom stereocenters. The number of thioether (sulfide) groups is 1. The maximum Gasteiger partial charge on any atom is 0.125 e. The number of hydrogen-bond donors (Lipinski definition) is 0. The van der Waals surface area contributed by atoms with Gasteiger partial charge in [0.05, 0.1) is 7.11 Å². The summed E-state index contributed by atoms with van der Waals surface area (Å²) >= 11 is 1.70. The summed E-state index contributed by atoms with van der Waals surface area (Å²) in [6.45, 7) is 0. The molecule has 3 heteroatoms. The minimum Gasteiger partial charge on any atom is -0.496 e. The molecule has 0 saturated carbocycles. The van der Waals surface area contributed by atoms with E-state index in [0.29, 0.717) is 18.6 Å². The van der Waals surface area contributed by atoms with Crippen LogP contribution in [-0.2, 0) is 6.42 Å². The highest BCUT2D eigenvalue weighted by Crippen LogP contribution is 2.36. The van der Waals surface area contributed by atoms with Gasteiger partial charge in [0, 0.05) is 12.2 Å². The lowest BCUT2D eigenvalue weighted by atomic mass is 9.95. The number of ether oxygens (including phenoxy) is 1. The van der Waals surface area contributed by atoms with Gasteiger partial charge in [-0.3, -0.25) is 0 Å². The van der Waals surface area contributed by atoms with Gasteiger partial charge in [-0.25, -0.2) is 4.39 Å². The smallest absolute Gasteiger partial charge is 0.125 e. The van der Waals surface area contributed by atoms with E-state index in [1.807, 2.05) is 24.3 Å². The Hall–Kier alpha value is -0.700. The van der Waals surface area contributed by atoms with Gasteiger partial charge in [-0.15, -0.1) is 0 Å². The van der Waals surface area contributed by atoms with E-state index < -0.39 is 5.67 Å². The standard InChI is InChI=1S/C12H15FOS/c1-14-11-5-3-2-4-10(11)8-12(13)6-7-15-9-12/h2-5H,6-9H2,1H3. The lowest BCUT2D eigenvalue weighted by Crippen LogP contribution is -2.25. The highest BCUT2D eigenvalue weighted by atomic mass is 32.2. The van der Waals surface area contributed by atoms with Crippen LogP contribution in [0.4, 0.5) is 4.39 Å². The quantitative estimate of drug-likeness (QED) is 0.783. The van der Waals surface area contributed by atoms with Crippen molar-refractivity contribution in [3.8, 4) is 5.75 Å². The second-order valence-electron chi connectivity index (χ2n) is 3.94. The third-order valence-corrected chi connectivity index (χ3v) is 3.97. The van der Waals surface area contributed by atoms with Crippen LogP contribution in [0.3, 0.4) is 0 Å². The Morgan fingerprint density at radius 2 is 2.27 bits per heavy atom. The third-order valence-electron chi connectivity index (χ3n) is 2.75. The van der Waals surface area contributed by atoms with E-state index >= 15 is 0 Å². The molecule has 1 saturated heterocycles. The molecule has 1 aliphatic rings. The monoisotopic (exact) mass is 226 g/mol. The number of halogens is 1. The number of para-hydroxylation sites is 1. The van der Waals surface area contributed by atoms with Crippen molar-refractivity contribution < 1.29 is 9.13 Å². The van der Waals surface area contributed by atoms with E-state index in [-0.39, 0.29) is 0 Å². The van der Waals surface area contributed by atoms with E-state index in [9.17, 15) is 4.39 Å². The van der Waals surface area contributed by atoms with Crippen molar-refractivity contribution >= 4 is 11.8 Å². The molecule has 1 nitrogen and oxygen atoms in total. The lowest BCUT2D eigenvalue weighted by Gasteiger charge is -2.19. The largest absolute Gasteiger partial charge is 0.496 e. The first-order valence-electron chi connectivity index (χ1n) is 5.12. The second kappa shape index (κ2) is 4.44. The van der Waals surface area contributed by atoms with Crippen molar-refractivity contribution in [3.05, 3.63) is 29.8 Å². The zero-order valence-electron chi connectivity index (χ0n) is 8.83. The first-order valence-corrected chi connectivity index (χ1v) is 6.27. The molecule has 1 aromatic carbocycles. The molecule has 0 spiro atoms. The third kappa shape index (κ3) is 2.46. The summed E-state index contributed by atoms with van der Waals surface area (Å²) < 4.78 is 19.5. The molecule has 0 aliphatic carbocycles. The first-order chi connectivity index (χ1) is 7.23. The summed E-state index contributed by atoms with van der Waals surface area (Å²) in [7, 11) is 1.63. The van der Waals surface area contributed by atoms with Gasteiger partial charge in [0.15, 0.2) is 0 Å². The average molecular weight is 226 g/mol. The fourth-order valence-corrected chi connectivity index (χ4v) is 3.18. The number of rotatable bonds is 3. The van der Waals surface area contributed by atoms with Gasteiger partial charge in [-0.1, -0.05) is 18.2 Å². The van der Waals surface area contributed by atoms with Crippen LogP contribution in [0.5, 0.6) is 5.75 Å². The molecular weight excluding hydrogens is 211 g/mol. The molecule has 1 aliphatic heterocycles. The Morgan fingerprint density at radius 1 is 1.47 bits per heavy atom. The molecular formula is C12H15FOS. The summed E-state index contributed by atoms with van der Waals surface area (Å²) in [6.07, 6.45) is 1.14. The maximum atomic E-state index is 14.2. The van der Waals surface area contributed by atoms with Gasteiger partial charge < -0.3 is 4.74 Å². The summed E-state index contributed by atoms with van der Waals surface area (Å²) in [5.74, 6) is 2.35. The number of hydrogen-bond acceptors (Lipinski definition) is 2. The molecule has 0 N–H and O–H groups in total. The first kappa shape index (κ1) is 10.8. The van der Waals surface area contributed by atoms with E-state index in [4.69, 9.17) is 4.74 Å². The zero-order chi connectivity index (χ0) is 10.7. The predicted octanol–water partition coefficient (Wildman–Crippen LogP) is 3.08. The van der Waals surface area contributed by atoms with Crippen molar-refractivity contribution in [3.63, 3.8) is 0 Å². The van der Waals surface area contributed by atoms with E-state index in [1.165, 1.54) is 0 Å². The van der Waals surface area contributed by atoms with Crippen LogP contribution in [0.25, 0.3) is 0 Å². The lowest BCUT2D eigenvalue weighted by molar-refractivity contribution is 0.197. The van der Waals surface area contributed by atoms with Gasteiger partial charge in [0.2, 0.25) is 0 Å². The number of benzene rings is 1. The van der Waals surface area contributed by atoms with Crippen LogP contribution in [0.15, 0.2) is 24.3 Å². The van der Waals surface area contributed by atoms with E-state index in [0.717, 1.165) is 17.1 Å². The van der Waals surface area contributed by atoms with E-state index in [1.54, 1.807) is 18.9 Å². The number of alkyl halides is 1. The zero-order valence-corrected chi connectivity index (χ0v) is 9.65. The van der Waals surface area contributed by atoms with Crippen molar-refractivity contribution in [1.82, 2.24) is 0 Å². The SMILES string of the molecule is COc1ccccc1CC1(F)CCSC1. The minimum absolute atomic E-state index is 0.476. The predicted molar refractivity (Wildman–Crippen MR) is 62.5 cm³/mol. The van der Waals surface area contributed by atoms with Gasteiger partial charge in [0.25, 0.3) is 0 Å². The van der Waals surface area contributed by atoms with Gasteiger partial charge in [-0.2, -0.15) is 11.8 Å². The molecule has 15 heavy (non-hydrogen) atoms. The van der Waals surface area contributed by atoms with Crippen LogP contribution >= 0.6 is 11.8 Å². The Labute approximate surface area is 94.0 Å². The van der Waals surface area contributed by atoms with Crippen molar-refractivity contribution in [2.75, 3.05) is 18.6 Å². The molecule has 0 amide bonds. The fourth-order valence-electron chi connectivity index (χ4n) is 1.91. The topological polar surface area (TPSA) is 9.23 Å². The normalized spacial score (nSPS) is 25.5. The van der Waals surface area contributed by atoms with E-state index in [2.05, 4.69) is 0 Å². The Morgan fingerprint density at radius 3 is 2.93 bits per heavy atom. The molecule has 1 fully saturated rings. The average Bonchev–Trinajstić information content (AvgIpc) is 2.66. The summed E-state index contributed by atoms with van der Waals surface area (Å²) in [5, 5.41) is 0. The van der Waals surface area contributed by atoms with Crippen LogP contribution in [0.2, 0.25) is 0 Å². The summed E-state index contributed by atoms with van der Waals surface area (Å²) in [4.78, 5) is 0. The van der Waals surface area contributed by atoms with Gasteiger partial charge in [0.1, 0.15) is 11.4 Å². The Balaban J connectivity index is 2.16. The molecule has 0 aromatic heterocycles. The van der Waals surface area contributed by atoms with Crippen LogP contribution < -0.4 is 4.74 Å². The van der Waals surface area contributed by atoms with Crippen molar-refractivity contribution in [2.45, 2.75) is 18.5 Å². The van der Waals surface area contributed by atoms with Crippen molar-refractivity contribution in [1.29, 1.82) is 0 Å². The highest BCUT2D eigenvalue weighted by molar-refractivity contribution is 7.99. The molecule has 1 unspecified atom stereocenters. The van der Waals surface area contributed by atoms with Crippen LogP contribution in [-0.4, -0.2) is 24.3 Å².